The van der Waals surface area contributed by atoms with Gasteiger partial charge in [-0.15, -0.1) is 0 Å². The summed E-state index contributed by atoms with van der Waals surface area (Å²) in [5.74, 6) is 0.394. The third kappa shape index (κ3) is 6.98. The lowest BCUT2D eigenvalue weighted by Gasteiger charge is -2.34. The number of fused-ring (bicyclic) bond motifs is 1. The second-order valence-electron chi connectivity index (χ2n) is 11.4. The number of nitrogens with zero attached hydrogens (tertiary/aromatic N) is 1. The van der Waals surface area contributed by atoms with Gasteiger partial charge in [0.1, 0.15) is 6.04 Å². The number of benzene rings is 3. The Morgan fingerprint density at radius 1 is 0.911 bits per heavy atom. The summed E-state index contributed by atoms with van der Waals surface area (Å²) in [6.07, 6.45) is 7.47. The van der Waals surface area contributed by atoms with Gasteiger partial charge in [-0.3, -0.25) is 19.3 Å². The predicted octanol–water partition coefficient (Wildman–Crippen LogP) is 6.55. The van der Waals surface area contributed by atoms with E-state index in [-0.39, 0.29) is 30.1 Å². The summed E-state index contributed by atoms with van der Waals surface area (Å²) in [7, 11) is 4.54. The highest BCUT2D eigenvalue weighted by Gasteiger charge is 2.35. The molecule has 2 amide bonds. The molecule has 2 N–H and O–H groups in total. The van der Waals surface area contributed by atoms with E-state index >= 15 is 0 Å². The summed E-state index contributed by atoms with van der Waals surface area (Å²) in [6.45, 7) is 1.48. The van der Waals surface area contributed by atoms with E-state index in [2.05, 4.69) is 10.3 Å². The van der Waals surface area contributed by atoms with Gasteiger partial charge in [0.15, 0.2) is 17.3 Å². The maximum absolute atomic E-state index is 14.5. The number of ether oxygens (including phenoxy) is 3. The lowest BCUT2D eigenvalue weighted by molar-refractivity contribution is -0.127. The van der Waals surface area contributed by atoms with Crippen LogP contribution in [0.4, 0.5) is 5.69 Å². The molecule has 1 aliphatic rings. The predicted molar refractivity (Wildman–Crippen MR) is 174 cm³/mol. The highest BCUT2D eigenvalue weighted by Crippen LogP contribution is 2.42. The molecule has 1 fully saturated rings. The third-order valence-corrected chi connectivity index (χ3v) is 8.54. The number of rotatable bonds is 12. The average molecular weight is 612 g/mol. The summed E-state index contributed by atoms with van der Waals surface area (Å²) in [5.41, 5.74) is 3.38. The fourth-order valence-electron chi connectivity index (χ4n) is 6.22. The van der Waals surface area contributed by atoms with Crippen LogP contribution in [0.15, 0.2) is 66.9 Å². The van der Waals surface area contributed by atoms with Gasteiger partial charge in [0, 0.05) is 40.8 Å². The fourth-order valence-corrected chi connectivity index (χ4v) is 6.22. The van der Waals surface area contributed by atoms with Crippen molar-refractivity contribution in [2.45, 2.75) is 64.0 Å². The van der Waals surface area contributed by atoms with Crippen molar-refractivity contribution in [2.24, 2.45) is 0 Å². The largest absolute Gasteiger partial charge is 0.493 e. The van der Waals surface area contributed by atoms with Gasteiger partial charge in [-0.05, 0) is 67.6 Å². The first-order valence-electron chi connectivity index (χ1n) is 15.4. The Morgan fingerprint density at radius 3 is 2.29 bits per heavy atom. The number of hydrogen-bond donors (Lipinski definition) is 2. The summed E-state index contributed by atoms with van der Waals surface area (Å²) in [5, 5.41) is 4.29. The van der Waals surface area contributed by atoms with E-state index in [4.69, 9.17) is 14.2 Å². The summed E-state index contributed by atoms with van der Waals surface area (Å²) >= 11 is 0. The van der Waals surface area contributed by atoms with E-state index in [9.17, 15) is 14.4 Å². The molecule has 1 saturated carbocycles. The molecule has 236 valence electrons. The second kappa shape index (κ2) is 14.3. The number of Topliss-reactive ketones (excluding diaryl/α,β-unsaturated/α-hetero) is 1. The molecule has 0 bridgehead atoms. The molecule has 9 heteroatoms. The number of ketones is 1. The summed E-state index contributed by atoms with van der Waals surface area (Å²) in [6, 6.07) is 17.2. The molecular weight excluding hydrogens is 570 g/mol. The lowest BCUT2D eigenvalue weighted by Crippen LogP contribution is -2.47. The van der Waals surface area contributed by atoms with Gasteiger partial charge in [-0.1, -0.05) is 49.6 Å². The number of carbonyl (C=O) groups excluding carboxylic acids is 3. The van der Waals surface area contributed by atoms with Crippen LogP contribution in [0.2, 0.25) is 0 Å². The molecular formula is C36H41N3O6. The molecule has 1 atom stereocenters. The van der Waals surface area contributed by atoms with Crippen molar-refractivity contribution < 1.29 is 28.6 Å². The van der Waals surface area contributed by atoms with Gasteiger partial charge < -0.3 is 24.5 Å². The van der Waals surface area contributed by atoms with Crippen LogP contribution in [-0.4, -0.2) is 50.0 Å². The zero-order valence-corrected chi connectivity index (χ0v) is 26.4. The highest BCUT2D eigenvalue weighted by molar-refractivity contribution is 6.03. The number of para-hydroxylation sites is 1. The van der Waals surface area contributed by atoms with E-state index in [0.29, 0.717) is 40.5 Å². The normalized spacial score (nSPS) is 14.0. The number of aromatic amines is 1. The van der Waals surface area contributed by atoms with Crippen molar-refractivity contribution in [3.63, 3.8) is 0 Å². The minimum absolute atomic E-state index is 0.00233. The number of nitrogens with one attached hydrogen (secondary N) is 2. The topological polar surface area (TPSA) is 110 Å². The van der Waals surface area contributed by atoms with Gasteiger partial charge in [0.05, 0.1) is 21.3 Å². The van der Waals surface area contributed by atoms with Crippen molar-refractivity contribution in [3.05, 3.63) is 83.6 Å². The van der Waals surface area contributed by atoms with Crippen LogP contribution in [0.1, 0.15) is 73.0 Å². The number of carbonyl (C=O) groups is 3. The van der Waals surface area contributed by atoms with Gasteiger partial charge in [-0.25, -0.2) is 0 Å². The molecule has 0 saturated heterocycles. The Balaban J connectivity index is 1.62. The van der Waals surface area contributed by atoms with Crippen LogP contribution in [0, 0.1) is 0 Å². The molecule has 0 aliphatic heterocycles. The number of H-pyrrole nitrogens is 1. The Bertz CT molecular complexity index is 1650. The molecule has 1 heterocycles. The number of amides is 2. The number of anilines is 1. The van der Waals surface area contributed by atoms with E-state index in [1.54, 1.807) is 36.4 Å². The highest BCUT2D eigenvalue weighted by atomic mass is 16.5. The Hall–Kier alpha value is -4.79. The SMILES string of the molecule is COc1cc(C(C(=O)NC2CCCCC2)N(C(=O)CCc2c[nH]c3ccccc23)c2cccc(C(C)=O)c2)cc(OC)c1OC. The molecule has 1 unspecified atom stereocenters. The van der Waals surface area contributed by atoms with Crippen molar-refractivity contribution in [1.29, 1.82) is 0 Å². The average Bonchev–Trinajstić information content (AvgIpc) is 3.48. The van der Waals surface area contributed by atoms with E-state index in [1.165, 1.54) is 33.2 Å². The van der Waals surface area contributed by atoms with Crippen LogP contribution in [0.25, 0.3) is 10.9 Å². The second-order valence-corrected chi connectivity index (χ2v) is 11.4. The maximum atomic E-state index is 14.5. The van der Waals surface area contributed by atoms with Crippen LogP contribution in [0.3, 0.4) is 0 Å². The van der Waals surface area contributed by atoms with Gasteiger partial charge >= 0.3 is 0 Å². The molecule has 0 spiro atoms. The van der Waals surface area contributed by atoms with Gasteiger partial charge in [-0.2, -0.15) is 0 Å². The van der Waals surface area contributed by atoms with Crippen LogP contribution >= 0.6 is 0 Å². The van der Waals surface area contributed by atoms with Gasteiger partial charge in [0.25, 0.3) is 0 Å². The molecule has 3 aromatic carbocycles. The smallest absolute Gasteiger partial charge is 0.248 e. The maximum Gasteiger partial charge on any atom is 0.248 e. The molecule has 5 rings (SSSR count). The Kier molecular flexibility index (Phi) is 10.1. The molecule has 1 aromatic heterocycles. The molecule has 1 aliphatic carbocycles. The summed E-state index contributed by atoms with van der Waals surface area (Å²) < 4.78 is 16.8. The first-order chi connectivity index (χ1) is 21.8. The van der Waals surface area contributed by atoms with Crippen molar-refractivity contribution in [2.75, 3.05) is 26.2 Å². The number of methoxy groups -OCH3 is 3. The molecule has 9 nitrogen and oxygen atoms in total. The van der Waals surface area contributed by atoms with Crippen LogP contribution in [-0.2, 0) is 16.0 Å². The lowest BCUT2D eigenvalue weighted by atomic mass is 9.94. The first kappa shape index (κ1) is 31.6. The van der Waals surface area contributed by atoms with Gasteiger partial charge in [0.2, 0.25) is 17.6 Å². The first-order valence-corrected chi connectivity index (χ1v) is 15.4. The number of aryl methyl sites for hydroxylation is 1. The van der Waals surface area contributed by atoms with Crippen molar-refractivity contribution in [3.8, 4) is 17.2 Å². The van der Waals surface area contributed by atoms with E-state index in [0.717, 1.165) is 48.6 Å². The van der Waals surface area contributed by atoms with Crippen molar-refractivity contribution in [1.82, 2.24) is 10.3 Å². The van der Waals surface area contributed by atoms with Crippen LogP contribution < -0.4 is 24.4 Å². The molecule has 0 radical (unpaired) electrons. The number of aromatic nitrogens is 1. The molecule has 4 aromatic rings. The standard InChI is InChI=1S/C36H41N3O6/c1-23(40)24-11-10-14-28(19-24)39(33(41)18-17-25-22-37-30-16-9-8-15-29(25)30)34(36(42)38-27-12-6-5-7-13-27)26-20-31(43-2)35(45-4)32(21-26)44-3/h8-11,14-16,19-22,27,34,37H,5-7,12-13,17-18H2,1-4H3,(H,38,42). The molecule has 45 heavy (non-hydrogen) atoms. The minimum Gasteiger partial charge on any atom is -0.493 e. The Morgan fingerprint density at radius 2 is 1.62 bits per heavy atom. The zero-order chi connectivity index (χ0) is 31.9. The Labute approximate surface area is 263 Å². The fraction of sp³-hybridized carbons (Fsp3) is 0.361. The minimum atomic E-state index is -1.08. The number of hydrogen-bond acceptors (Lipinski definition) is 6. The van der Waals surface area contributed by atoms with Crippen LogP contribution in [0.5, 0.6) is 17.2 Å². The zero-order valence-electron chi connectivity index (χ0n) is 26.4. The van der Waals surface area contributed by atoms with Crippen molar-refractivity contribution >= 4 is 34.2 Å². The third-order valence-electron chi connectivity index (χ3n) is 8.54. The quantitative estimate of drug-likeness (QED) is 0.176. The summed E-state index contributed by atoms with van der Waals surface area (Å²) in [4.78, 5) is 46.1. The van der Waals surface area contributed by atoms with E-state index < -0.39 is 6.04 Å². The monoisotopic (exact) mass is 611 g/mol. The van der Waals surface area contributed by atoms with E-state index in [1.807, 2.05) is 30.5 Å².